The van der Waals surface area contributed by atoms with Crippen molar-refractivity contribution >= 4 is 34.2 Å². The molecule has 0 aliphatic heterocycles. The summed E-state index contributed by atoms with van der Waals surface area (Å²) in [7, 11) is 0. The van der Waals surface area contributed by atoms with Crippen molar-refractivity contribution in [2.75, 3.05) is 17.6 Å². The molecule has 8 nitrogen and oxygen atoms in total. The van der Waals surface area contributed by atoms with Gasteiger partial charge in [0.2, 0.25) is 5.65 Å². The van der Waals surface area contributed by atoms with E-state index in [1.165, 1.54) is 0 Å². The third kappa shape index (κ3) is 4.45. The first-order valence-corrected chi connectivity index (χ1v) is 9.30. The molecule has 0 unspecified atom stereocenters. The van der Waals surface area contributed by atoms with E-state index in [1.807, 2.05) is 43.4 Å². The van der Waals surface area contributed by atoms with Gasteiger partial charge in [0.05, 0.1) is 17.1 Å². The molecule has 2 aromatic heterocycles. The number of aromatic nitrogens is 4. The van der Waals surface area contributed by atoms with Crippen LogP contribution in [0.4, 0.5) is 11.5 Å². The van der Waals surface area contributed by atoms with Crippen LogP contribution in [0.5, 0.6) is 0 Å². The second-order valence-electron chi connectivity index (χ2n) is 6.89. The predicted octanol–water partition coefficient (Wildman–Crippen LogP) is 3.09. The van der Waals surface area contributed by atoms with E-state index >= 15 is 0 Å². The fraction of sp³-hybridized carbons (Fsp3) is 0.474. The number of ether oxygens (including phenoxy) is 1. The molecule has 8 heteroatoms. The van der Waals surface area contributed by atoms with E-state index in [-0.39, 0.29) is 12.1 Å². The van der Waals surface area contributed by atoms with Crippen molar-refractivity contribution in [1.82, 2.24) is 19.6 Å². The Balaban J connectivity index is 1.62. The molecule has 0 aliphatic rings. The number of nitrogens with two attached hydrogens (primary N) is 1. The lowest BCUT2D eigenvalue weighted by Gasteiger charge is -2.10. The first kappa shape index (κ1) is 18.9. The SMILES string of the molecule is Cc1nnc2c(NCCCCCC(=O)OC(C)C)nc3ccc(N)cc3n12. The molecule has 0 saturated heterocycles. The number of esters is 1. The van der Waals surface area contributed by atoms with Crippen LogP contribution < -0.4 is 11.1 Å². The minimum Gasteiger partial charge on any atom is -0.463 e. The van der Waals surface area contributed by atoms with Gasteiger partial charge in [0.1, 0.15) is 5.82 Å². The quantitative estimate of drug-likeness (QED) is 0.356. The Labute approximate surface area is 158 Å². The second-order valence-corrected chi connectivity index (χ2v) is 6.89. The molecule has 3 rings (SSSR count). The molecule has 0 bridgehead atoms. The maximum absolute atomic E-state index is 11.5. The summed E-state index contributed by atoms with van der Waals surface area (Å²) in [4.78, 5) is 16.2. The largest absolute Gasteiger partial charge is 0.463 e. The van der Waals surface area contributed by atoms with Gasteiger partial charge in [0, 0.05) is 18.7 Å². The van der Waals surface area contributed by atoms with Crippen molar-refractivity contribution < 1.29 is 9.53 Å². The van der Waals surface area contributed by atoms with Gasteiger partial charge in [0.25, 0.3) is 0 Å². The number of fused-ring (bicyclic) bond motifs is 3. The maximum atomic E-state index is 11.5. The zero-order chi connectivity index (χ0) is 19.4. The number of nitrogens with one attached hydrogen (secondary N) is 1. The lowest BCUT2D eigenvalue weighted by atomic mass is 10.2. The van der Waals surface area contributed by atoms with Crippen molar-refractivity contribution in [3.8, 4) is 0 Å². The van der Waals surface area contributed by atoms with E-state index in [0.29, 0.717) is 23.6 Å². The van der Waals surface area contributed by atoms with Crippen molar-refractivity contribution in [3.05, 3.63) is 24.0 Å². The standard InChI is InChI=1S/C19H26N6O2/c1-12(2)27-17(26)7-5-4-6-10-21-18-19-24-23-13(3)25(19)16-11-14(20)8-9-15(16)22-18/h8-9,11-12H,4-7,10,20H2,1-3H3,(H,21,22). The van der Waals surface area contributed by atoms with Crippen LogP contribution in [0, 0.1) is 6.92 Å². The van der Waals surface area contributed by atoms with Gasteiger partial charge in [-0.15, -0.1) is 10.2 Å². The average molecular weight is 370 g/mol. The van der Waals surface area contributed by atoms with Crippen LogP contribution in [-0.2, 0) is 9.53 Å². The van der Waals surface area contributed by atoms with Crippen LogP contribution in [0.25, 0.3) is 16.7 Å². The third-order valence-electron chi connectivity index (χ3n) is 4.23. The number of carbonyl (C=O) groups excluding carboxylic acids is 1. The fourth-order valence-corrected chi connectivity index (χ4v) is 3.01. The van der Waals surface area contributed by atoms with Crippen LogP contribution in [0.3, 0.4) is 0 Å². The van der Waals surface area contributed by atoms with E-state index in [2.05, 4.69) is 20.5 Å². The van der Waals surface area contributed by atoms with Crippen LogP contribution in [0.2, 0.25) is 0 Å². The van der Waals surface area contributed by atoms with Crippen LogP contribution >= 0.6 is 0 Å². The minimum atomic E-state index is -0.130. The Morgan fingerprint density at radius 3 is 2.85 bits per heavy atom. The monoisotopic (exact) mass is 370 g/mol. The number of aryl methyl sites for hydroxylation is 1. The summed E-state index contributed by atoms with van der Waals surface area (Å²) < 4.78 is 7.10. The Morgan fingerprint density at radius 1 is 1.26 bits per heavy atom. The molecule has 2 heterocycles. The van der Waals surface area contributed by atoms with Gasteiger partial charge in [-0.2, -0.15) is 0 Å². The molecule has 144 valence electrons. The molecule has 0 fully saturated rings. The van der Waals surface area contributed by atoms with Gasteiger partial charge in [0.15, 0.2) is 5.82 Å². The van der Waals surface area contributed by atoms with Crippen LogP contribution in [0.1, 0.15) is 45.4 Å². The molecule has 3 aromatic rings. The maximum Gasteiger partial charge on any atom is 0.306 e. The summed E-state index contributed by atoms with van der Waals surface area (Å²) in [5, 5.41) is 11.8. The highest BCUT2D eigenvalue weighted by molar-refractivity contribution is 5.85. The first-order chi connectivity index (χ1) is 13.0. The molecule has 0 amide bonds. The molecule has 0 radical (unpaired) electrons. The van der Waals surface area contributed by atoms with Crippen LogP contribution in [0.15, 0.2) is 18.2 Å². The average Bonchev–Trinajstić information content (AvgIpc) is 3.00. The molecule has 1 aromatic carbocycles. The Bertz CT molecular complexity index is 950. The molecular formula is C19H26N6O2. The second kappa shape index (κ2) is 8.20. The van der Waals surface area contributed by atoms with E-state index < -0.39 is 0 Å². The number of unbranched alkanes of at least 4 members (excludes halogenated alkanes) is 2. The summed E-state index contributed by atoms with van der Waals surface area (Å²) in [5.41, 5.74) is 9.00. The van der Waals surface area contributed by atoms with Crippen molar-refractivity contribution in [2.24, 2.45) is 0 Å². The van der Waals surface area contributed by atoms with Crippen molar-refractivity contribution in [3.63, 3.8) is 0 Å². The zero-order valence-corrected chi connectivity index (χ0v) is 16.0. The predicted molar refractivity (Wildman–Crippen MR) is 106 cm³/mol. The minimum absolute atomic E-state index is 0.0532. The molecular weight excluding hydrogens is 344 g/mol. The number of carbonyl (C=O) groups is 1. The zero-order valence-electron chi connectivity index (χ0n) is 16.0. The number of hydrogen-bond acceptors (Lipinski definition) is 7. The van der Waals surface area contributed by atoms with E-state index in [1.54, 1.807) is 0 Å². The molecule has 0 atom stereocenters. The third-order valence-corrected chi connectivity index (χ3v) is 4.23. The summed E-state index contributed by atoms with van der Waals surface area (Å²) in [6.45, 7) is 6.37. The van der Waals surface area contributed by atoms with Gasteiger partial charge in [-0.25, -0.2) is 4.98 Å². The van der Waals surface area contributed by atoms with Crippen molar-refractivity contribution in [1.29, 1.82) is 0 Å². The van der Waals surface area contributed by atoms with Gasteiger partial charge in [-0.1, -0.05) is 6.42 Å². The number of nitrogen functional groups attached to an aromatic ring is 1. The summed E-state index contributed by atoms with van der Waals surface area (Å²) in [5.74, 6) is 1.36. The van der Waals surface area contributed by atoms with Crippen molar-refractivity contribution in [2.45, 2.75) is 52.6 Å². The van der Waals surface area contributed by atoms with E-state index in [0.717, 1.165) is 42.7 Å². The molecule has 0 aliphatic carbocycles. The molecule has 27 heavy (non-hydrogen) atoms. The van der Waals surface area contributed by atoms with Gasteiger partial charge < -0.3 is 15.8 Å². The van der Waals surface area contributed by atoms with Gasteiger partial charge in [-0.05, 0) is 51.8 Å². The highest BCUT2D eigenvalue weighted by Gasteiger charge is 2.13. The smallest absolute Gasteiger partial charge is 0.306 e. The number of hydrogen-bond donors (Lipinski definition) is 2. The fourth-order valence-electron chi connectivity index (χ4n) is 3.01. The lowest BCUT2D eigenvalue weighted by Crippen LogP contribution is -2.11. The summed E-state index contributed by atoms with van der Waals surface area (Å²) >= 11 is 0. The van der Waals surface area contributed by atoms with E-state index in [9.17, 15) is 4.79 Å². The van der Waals surface area contributed by atoms with Gasteiger partial charge in [-0.3, -0.25) is 9.20 Å². The topological polar surface area (TPSA) is 107 Å². The highest BCUT2D eigenvalue weighted by atomic mass is 16.5. The Morgan fingerprint density at radius 2 is 2.07 bits per heavy atom. The number of anilines is 2. The molecule has 3 N–H and O–H groups in total. The summed E-state index contributed by atoms with van der Waals surface area (Å²) in [6, 6.07) is 5.61. The lowest BCUT2D eigenvalue weighted by molar-refractivity contribution is -0.147. The Kier molecular flexibility index (Phi) is 5.73. The number of benzene rings is 1. The highest BCUT2D eigenvalue weighted by Crippen LogP contribution is 2.23. The normalized spacial score (nSPS) is 11.4. The molecule has 0 spiro atoms. The number of rotatable bonds is 8. The first-order valence-electron chi connectivity index (χ1n) is 9.30. The van der Waals surface area contributed by atoms with Gasteiger partial charge >= 0.3 is 5.97 Å². The summed E-state index contributed by atoms with van der Waals surface area (Å²) in [6.07, 6.45) is 3.09. The molecule has 0 saturated carbocycles. The Hall–Kier alpha value is -2.90. The van der Waals surface area contributed by atoms with E-state index in [4.69, 9.17) is 10.5 Å². The van der Waals surface area contributed by atoms with Crippen LogP contribution in [-0.4, -0.2) is 38.2 Å². The number of nitrogens with zero attached hydrogens (tertiary/aromatic N) is 4.